The lowest BCUT2D eigenvalue weighted by Crippen LogP contribution is -2.19. The minimum atomic E-state index is 0.214. The van der Waals surface area contributed by atoms with Crippen LogP contribution in [0.4, 0.5) is 0 Å². The minimum Gasteiger partial charge on any atom is -0.508 e. The zero-order chi connectivity index (χ0) is 32.7. The number of aromatic hydroxyl groups is 1. The molecule has 7 aromatic heterocycles. The third-order valence-electron chi connectivity index (χ3n) is 8.96. The van der Waals surface area contributed by atoms with E-state index < -0.39 is 0 Å². The molecule has 0 atom stereocenters. The van der Waals surface area contributed by atoms with Crippen LogP contribution < -0.4 is 21.4 Å². The molecule has 0 unspecified atom stereocenters. The average molecular weight is 636 g/mol. The standard InChI is InChI=1S/C41H29N7O/c49-29-3-1-25(2-4-29)38-30-5-7-32(45-30)39(26-13-19-42-20-14-26)34-9-11-36(47-34)41(28-17-23-44-24-18-28)37-12-10-35(48-37)40(27-15-21-43-22-16-27)33-8-6-31(38)46-33/h1-24,45-49H. The van der Waals surface area contributed by atoms with E-state index in [2.05, 4.69) is 83.4 Å². The average Bonchev–Trinajstić information content (AvgIpc) is 3.98. The van der Waals surface area contributed by atoms with Gasteiger partial charge in [-0.2, -0.15) is 0 Å². The summed E-state index contributed by atoms with van der Waals surface area (Å²) in [5.41, 5.74) is 11.9. The van der Waals surface area contributed by atoms with Gasteiger partial charge in [-0.3, -0.25) is 15.0 Å². The van der Waals surface area contributed by atoms with E-state index in [4.69, 9.17) is 0 Å². The van der Waals surface area contributed by atoms with E-state index >= 15 is 0 Å². The molecule has 8 nitrogen and oxygen atoms in total. The molecule has 5 N–H and O–H groups in total. The molecule has 0 radical (unpaired) electrons. The molecule has 9 rings (SSSR count). The minimum absolute atomic E-state index is 0.214. The van der Waals surface area contributed by atoms with E-state index in [-0.39, 0.29) is 5.75 Å². The number of fused-ring (bicyclic) bond motifs is 8. The van der Waals surface area contributed by atoms with E-state index in [9.17, 15) is 5.11 Å². The normalized spacial score (nSPS) is 12.8. The molecule has 0 amide bonds. The van der Waals surface area contributed by atoms with Gasteiger partial charge in [-0.05, 0) is 119 Å². The van der Waals surface area contributed by atoms with E-state index in [0.29, 0.717) is 0 Å². The Morgan fingerprint density at radius 1 is 0.306 bits per heavy atom. The highest BCUT2D eigenvalue weighted by molar-refractivity contribution is 5.84. The van der Waals surface area contributed by atoms with Crippen molar-refractivity contribution in [3.63, 3.8) is 0 Å². The molecule has 8 bridgehead atoms. The predicted molar refractivity (Wildman–Crippen MR) is 189 cm³/mol. The lowest BCUT2D eigenvalue weighted by molar-refractivity contribution is 0.475. The van der Waals surface area contributed by atoms with Crippen molar-refractivity contribution in [1.82, 2.24) is 34.9 Å². The highest BCUT2D eigenvalue weighted by Gasteiger charge is 2.18. The van der Waals surface area contributed by atoms with Gasteiger partial charge in [-0.15, -0.1) is 0 Å². The first-order valence-corrected chi connectivity index (χ1v) is 16.0. The summed E-state index contributed by atoms with van der Waals surface area (Å²) in [5, 5.41) is 14.0. The summed E-state index contributed by atoms with van der Waals surface area (Å²) in [4.78, 5) is 27.9. The maximum Gasteiger partial charge on any atom is 0.115 e. The van der Waals surface area contributed by atoms with Gasteiger partial charge in [0.25, 0.3) is 0 Å². The van der Waals surface area contributed by atoms with Crippen LogP contribution >= 0.6 is 0 Å². The summed E-state index contributed by atoms with van der Waals surface area (Å²) in [6.07, 6.45) is 10.9. The van der Waals surface area contributed by atoms with Crippen LogP contribution in [-0.2, 0) is 0 Å². The first kappa shape index (κ1) is 28.3. The van der Waals surface area contributed by atoms with Gasteiger partial charge in [0.15, 0.2) is 0 Å². The number of nitrogens with one attached hydrogen (secondary N) is 4. The summed E-state index contributed by atoms with van der Waals surface area (Å²) in [5.74, 6) is 0.214. The van der Waals surface area contributed by atoms with Crippen molar-refractivity contribution in [3.8, 4) is 5.75 Å². The lowest BCUT2D eigenvalue weighted by Gasteiger charge is -2.09. The topological polar surface area (TPSA) is 122 Å². The second-order valence-electron chi connectivity index (χ2n) is 11.9. The van der Waals surface area contributed by atoms with Crippen LogP contribution in [0.2, 0.25) is 0 Å². The maximum atomic E-state index is 10.2. The summed E-state index contributed by atoms with van der Waals surface area (Å²) in [6.45, 7) is 0. The fourth-order valence-electron chi connectivity index (χ4n) is 6.76. The molecule has 1 aliphatic rings. The molecule has 49 heavy (non-hydrogen) atoms. The van der Waals surface area contributed by atoms with Gasteiger partial charge in [0.2, 0.25) is 0 Å². The Morgan fingerprint density at radius 2 is 0.592 bits per heavy atom. The quantitative estimate of drug-likeness (QED) is 0.199. The fourth-order valence-corrected chi connectivity index (χ4v) is 6.76. The van der Waals surface area contributed by atoms with Gasteiger partial charge in [0.05, 0.1) is 0 Å². The second-order valence-corrected chi connectivity index (χ2v) is 11.9. The van der Waals surface area contributed by atoms with E-state index in [1.165, 1.54) is 0 Å². The number of nitrogens with zero attached hydrogens (tertiary/aromatic N) is 3. The molecule has 8 aromatic rings. The fraction of sp³-hybridized carbons (Fsp3) is 0. The molecule has 1 aromatic carbocycles. The molecule has 0 saturated heterocycles. The highest BCUT2D eigenvalue weighted by Crippen LogP contribution is 2.28. The Labute approximate surface area is 280 Å². The lowest BCUT2D eigenvalue weighted by atomic mass is 10.0. The third kappa shape index (κ3) is 5.08. The van der Waals surface area contributed by atoms with E-state index in [1.807, 2.05) is 85.7 Å². The first-order valence-electron chi connectivity index (χ1n) is 16.0. The third-order valence-corrected chi connectivity index (χ3v) is 8.96. The maximum absolute atomic E-state index is 10.2. The first-order chi connectivity index (χ1) is 24.2. The Hall–Kier alpha value is -6.93. The number of rotatable bonds is 4. The number of benzene rings is 1. The number of phenols is 1. The van der Waals surface area contributed by atoms with Crippen molar-refractivity contribution < 1.29 is 5.11 Å². The van der Waals surface area contributed by atoms with E-state index in [0.717, 1.165) is 88.7 Å². The SMILES string of the molecule is Oc1ccc(C2=c3ccc([nH]3)=C(c3ccncc3)c3ccc([nH]3)C(c3ccncc3)=c3ccc([nH]3)=C(c3ccncc3)c3ccc2[nH]3)cc1. The number of aromatic amines is 4. The molecule has 8 heteroatoms. The van der Waals surface area contributed by atoms with Crippen molar-refractivity contribution in [1.29, 1.82) is 0 Å². The van der Waals surface area contributed by atoms with Gasteiger partial charge >= 0.3 is 0 Å². The summed E-state index contributed by atoms with van der Waals surface area (Å²) in [7, 11) is 0. The number of aromatic nitrogens is 7. The Kier molecular flexibility index (Phi) is 6.76. The highest BCUT2D eigenvalue weighted by atomic mass is 16.3. The Balaban J connectivity index is 1.44. The van der Waals surface area contributed by atoms with Crippen molar-refractivity contribution in [2.75, 3.05) is 0 Å². The number of hydrogen-bond donors (Lipinski definition) is 5. The number of phenolic OH excluding ortho intramolecular Hbond substituents is 1. The molecule has 8 heterocycles. The van der Waals surface area contributed by atoms with Crippen molar-refractivity contribution in [2.24, 2.45) is 0 Å². The smallest absolute Gasteiger partial charge is 0.115 e. The van der Waals surface area contributed by atoms with Crippen molar-refractivity contribution >= 4 is 22.3 Å². The molecule has 0 spiro atoms. The van der Waals surface area contributed by atoms with Gasteiger partial charge < -0.3 is 25.0 Å². The summed E-state index contributed by atoms with van der Waals surface area (Å²) >= 11 is 0. The van der Waals surface area contributed by atoms with Crippen LogP contribution in [-0.4, -0.2) is 40.0 Å². The largest absolute Gasteiger partial charge is 0.508 e. The Bertz CT molecular complexity index is 2700. The summed E-state index contributed by atoms with van der Waals surface area (Å²) in [6, 6.07) is 36.5. The van der Waals surface area contributed by atoms with Crippen LogP contribution in [0.5, 0.6) is 5.75 Å². The molecule has 0 fully saturated rings. The van der Waals surface area contributed by atoms with Crippen molar-refractivity contribution in [2.45, 2.75) is 0 Å². The van der Waals surface area contributed by atoms with Gasteiger partial charge in [-0.25, -0.2) is 0 Å². The second kappa shape index (κ2) is 11.7. The number of H-pyrrole nitrogens is 4. The molecule has 0 saturated carbocycles. The van der Waals surface area contributed by atoms with E-state index in [1.54, 1.807) is 12.1 Å². The molecular weight excluding hydrogens is 606 g/mol. The van der Waals surface area contributed by atoms with Crippen LogP contribution in [0.15, 0.2) is 146 Å². The number of hydrogen-bond acceptors (Lipinski definition) is 4. The van der Waals surface area contributed by atoms with Crippen LogP contribution in [0, 0.1) is 0 Å². The monoisotopic (exact) mass is 635 g/mol. The summed E-state index contributed by atoms with van der Waals surface area (Å²) < 4.78 is 0. The van der Waals surface area contributed by atoms with Gasteiger partial charge in [-0.1, -0.05) is 12.1 Å². The number of pyridine rings is 3. The molecule has 1 aliphatic heterocycles. The molecule has 0 aliphatic carbocycles. The van der Waals surface area contributed by atoms with Crippen LogP contribution in [0.25, 0.3) is 22.3 Å². The molecular formula is C41H29N7O. The van der Waals surface area contributed by atoms with Crippen molar-refractivity contribution in [3.05, 3.63) is 213 Å². The Morgan fingerprint density at radius 3 is 0.898 bits per heavy atom. The molecule has 234 valence electrons. The van der Waals surface area contributed by atoms with Gasteiger partial charge in [0, 0.05) is 104 Å². The van der Waals surface area contributed by atoms with Gasteiger partial charge in [0.1, 0.15) is 5.75 Å². The predicted octanol–water partition coefficient (Wildman–Crippen LogP) is 4.19. The van der Waals surface area contributed by atoms with Crippen LogP contribution in [0.1, 0.15) is 45.0 Å². The van der Waals surface area contributed by atoms with Crippen LogP contribution in [0.3, 0.4) is 0 Å². The zero-order valence-corrected chi connectivity index (χ0v) is 26.1. The zero-order valence-electron chi connectivity index (χ0n) is 26.1.